The van der Waals surface area contributed by atoms with Crippen LogP contribution in [0.3, 0.4) is 0 Å². The largest absolute Gasteiger partial charge is 0.394 e. The third kappa shape index (κ3) is 3.16. The van der Waals surface area contributed by atoms with Crippen LogP contribution in [0.5, 0.6) is 0 Å². The van der Waals surface area contributed by atoms with Gasteiger partial charge in [0.05, 0.1) is 18.8 Å². The van der Waals surface area contributed by atoms with E-state index < -0.39 is 0 Å². The fourth-order valence-corrected chi connectivity index (χ4v) is 2.82. The van der Waals surface area contributed by atoms with E-state index in [9.17, 15) is 4.39 Å². The zero-order chi connectivity index (χ0) is 17.3. The Kier molecular flexibility index (Phi) is 4.59. The molecule has 24 heavy (non-hydrogen) atoms. The lowest BCUT2D eigenvalue weighted by Gasteiger charge is -2.11. The topological polar surface area (TPSA) is 54.2 Å². The molecule has 0 fully saturated rings. The Morgan fingerprint density at radius 2 is 2.00 bits per heavy atom. The number of benzene rings is 1. The lowest BCUT2D eigenvalue weighted by atomic mass is 10.0. The van der Waals surface area contributed by atoms with E-state index in [0.717, 1.165) is 27.9 Å². The predicted octanol–water partition coefficient (Wildman–Crippen LogP) is 2.60. The Morgan fingerprint density at radius 3 is 2.67 bits per heavy atom. The van der Waals surface area contributed by atoms with Crippen molar-refractivity contribution in [2.75, 3.05) is 20.7 Å². The van der Waals surface area contributed by atoms with Crippen molar-refractivity contribution in [2.24, 2.45) is 0 Å². The van der Waals surface area contributed by atoms with E-state index in [1.54, 1.807) is 16.9 Å². The number of aryl methyl sites for hydroxylation is 1. The maximum atomic E-state index is 14.3. The second-order valence-electron chi connectivity index (χ2n) is 6.17. The third-order valence-electron chi connectivity index (χ3n) is 3.96. The first-order chi connectivity index (χ1) is 11.5. The normalized spacial score (nSPS) is 11.6. The smallest absolute Gasteiger partial charge is 0.158 e. The number of aliphatic hydroxyl groups is 1. The molecule has 126 valence electrons. The Labute approximate surface area is 140 Å². The first-order valence-corrected chi connectivity index (χ1v) is 7.87. The van der Waals surface area contributed by atoms with Crippen molar-refractivity contribution in [3.05, 3.63) is 47.5 Å². The maximum Gasteiger partial charge on any atom is 0.158 e. The van der Waals surface area contributed by atoms with Gasteiger partial charge >= 0.3 is 0 Å². The van der Waals surface area contributed by atoms with Gasteiger partial charge in [-0.2, -0.15) is 5.10 Å². The van der Waals surface area contributed by atoms with Crippen LogP contribution in [0.15, 0.2) is 30.5 Å². The molecule has 6 heteroatoms. The fraction of sp³-hybridized carbons (Fsp3) is 0.333. The number of pyridine rings is 1. The number of hydrogen-bond donors (Lipinski definition) is 1. The summed E-state index contributed by atoms with van der Waals surface area (Å²) in [6, 6.07) is 7.25. The molecular weight excluding hydrogens is 307 g/mol. The van der Waals surface area contributed by atoms with Crippen LogP contribution in [-0.2, 0) is 13.1 Å². The van der Waals surface area contributed by atoms with Gasteiger partial charge in [0, 0.05) is 29.3 Å². The van der Waals surface area contributed by atoms with Gasteiger partial charge in [-0.1, -0.05) is 12.1 Å². The Balaban J connectivity index is 2.00. The van der Waals surface area contributed by atoms with E-state index in [-0.39, 0.29) is 12.4 Å². The van der Waals surface area contributed by atoms with E-state index in [0.29, 0.717) is 18.7 Å². The maximum absolute atomic E-state index is 14.3. The van der Waals surface area contributed by atoms with Gasteiger partial charge < -0.3 is 10.0 Å². The SMILES string of the molecule is Cc1nn(CCO)c2ncc(-c3ccc(CN(C)C)c(F)c3)cc12. The van der Waals surface area contributed by atoms with Gasteiger partial charge in [0.2, 0.25) is 0 Å². The zero-order valence-electron chi connectivity index (χ0n) is 14.1. The van der Waals surface area contributed by atoms with Crippen LogP contribution < -0.4 is 0 Å². The molecule has 0 saturated carbocycles. The predicted molar refractivity (Wildman–Crippen MR) is 92.1 cm³/mol. The molecule has 0 unspecified atom stereocenters. The van der Waals surface area contributed by atoms with E-state index in [1.165, 1.54) is 0 Å². The number of halogens is 1. The zero-order valence-corrected chi connectivity index (χ0v) is 14.1. The monoisotopic (exact) mass is 328 g/mol. The number of aromatic nitrogens is 3. The number of aliphatic hydroxyl groups excluding tert-OH is 1. The summed E-state index contributed by atoms with van der Waals surface area (Å²) in [5.74, 6) is -0.214. The summed E-state index contributed by atoms with van der Waals surface area (Å²) in [6.07, 6.45) is 1.72. The summed E-state index contributed by atoms with van der Waals surface area (Å²) in [6.45, 7) is 2.89. The molecule has 0 aliphatic rings. The molecule has 0 bridgehead atoms. The van der Waals surface area contributed by atoms with Gasteiger partial charge in [-0.15, -0.1) is 0 Å². The van der Waals surface area contributed by atoms with E-state index in [1.807, 2.05) is 44.1 Å². The molecule has 0 amide bonds. The molecule has 5 nitrogen and oxygen atoms in total. The first-order valence-electron chi connectivity index (χ1n) is 7.87. The standard InChI is InChI=1S/C18H21FN4O/c1-12-16-8-15(10-20-18(16)23(21-12)6-7-24)13-4-5-14(11-22(2)3)17(19)9-13/h4-5,8-10,24H,6-7,11H2,1-3H3. The summed E-state index contributed by atoms with van der Waals surface area (Å²) < 4.78 is 16.0. The van der Waals surface area contributed by atoms with Gasteiger partial charge in [-0.05, 0) is 38.7 Å². The van der Waals surface area contributed by atoms with Crippen molar-refractivity contribution in [3.8, 4) is 11.1 Å². The summed E-state index contributed by atoms with van der Waals surface area (Å²) in [5, 5.41) is 14.4. The molecule has 1 aromatic carbocycles. The minimum Gasteiger partial charge on any atom is -0.394 e. The lowest BCUT2D eigenvalue weighted by molar-refractivity contribution is 0.271. The molecule has 1 N–H and O–H groups in total. The van der Waals surface area contributed by atoms with Crippen LogP contribution in [0, 0.1) is 12.7 Å². The summed E-state index contributed by atoms with van der Waals surface area (Å²) in [5.41, 5.74) is 3.89. The lowest BCUT2D eigenvalue weighted by Crippen LogP contribution is -2.11. The second kappa shape index (κ2) is 6.67. The van der Waals surface area contributed by atoms with Gasteiger partial charge in [-0.25, -0.2) is 14.1 Å². The molecule has 2 aromatic heterocycles. The molecule has 0 radical (unpaired) electrons. The minimum atomic E-state index is -0.214. The quantitative estimate of drug-likeness (QED) is 0.782. The van der Waals surface area contributed by atoms with E-state index in [2.05, 4.69) is 10.1 Å². The van der Waals surface area contributed by atoms with Crippen LogP contribution in [0.4, 0.5) is 4.39 Å². The van der Waals surface area contributed by atoms with Gasteiger partial charge in [0.15, 0.2) is 5.65 Å². The first kappa shape index (κ1) is 16.5. The summed E-state index contributed by atoms with van der Waals surface area (Å²) in [4.78, 5) is 6.39. The van der Waals surface area contributed by atoms with Crippen LogP contribution in [-0.4, -0.2) is 45.5 Å². The highest BCUT2D eigenvalue weighted by atomic mass is 19.1. The number of fused-ring (bicyclic) bond motifs is 1. The highest BCUT2D eigenvalue weighted by molar-refractivity contribution is 5.83. The van der Waals surface area contributed by atoms with Crippen LogP contribution in [0.2, 0.25) is 0 Å². The Morgan fingerprint density at radius 1 is 1.21 bits per heavy atom. The molecule has 3 aromatic rings. The molecule has 0 spiro atoms. The number of nitrogens with zero attached hydrogens (tertiary/aromatic N) is 4. The van der Waals surface area contributed by atoms with Crippen LogP contribution >= 0.6 is 0 Å². The van der Waals surface area contributed by atoms with Gasteiger partial charge in [0.1, 0.15) is 5.82 Å². The van der Waals surface area contributed by atoms with Crippen LogP contribution in [0.25, 0.3) is 22.2 Å². The molecule has 0 aliphatic carbocycles. The van der Waals surface area contributed by atoms with Crippen molar-refractivity contribution in [1.29, 1.82) is 0 Å². The molecule has 0 saturated heterocycles. The number of rotatable bonds is 5. The van der Waals surface area contributed by atoms with Gasteiger partial charge in [0.25, 0.3) is 0 Å². The van der Waals surface area contributed by atoms with E-state index >= 15 is 0 Å². The average molecular weight is 328 g/mol. The molecule has 0 aliphatic heterocycles. The Bertz CT molecular complexity index is 873. The average Bonchev–Trinajstić information content (AvgIpc) is 2.85. The van der Waals surface area contributed by atoms with E-state index in [4.69, 9.17) is 5.11 Å². The molecule has 0 atom stereocenters. The Hall–Kier alpha value is -2.31. The molecule has 3 rings (SSSR count). The number of hydrogen-bond acceptors (Lipinski definition) is 4. The minimum absolute atomic E-state index is 0.0121. The fourth-order valence-electron chi connectivity index (χ4n) is 2.82. The van der Waals surface area contributed by atoms with Crippen LogP contribution in [0.1, 0.15) is 11.3 Å². The summed E-state index contributed by atoms with van der Waals surface area (Å²) >= 11 is 0. The van der Waals surface area contributed by atoms with Crippen molar-refractivity contribution < 1.29 is 9.50 Å². The van der Waals surface area contributed by atoms with Crippen molar-refractivity contribution >= 4 is 11.0 Å². The van der Waals surface area contributed by atoms with Crippen molar-refractivity contribution in [2.45, 2.75) is 20.0 Å². The second-order valence-corrected chi connectivity index (χ2v) is 6.17. The third-order valence-corrected chi connectivity index (χ3v) is 3.96. The van der Waals surface area contributed by atoms with Gasteiger partial charge in [-0.3, -0.25) is 0 Å². The highest BCUT2D eigenvalue weighted by Gasteiger charge is 2.11. The van der Waals surface area contributed by atoms with Crippen molar-refractivity contribution in [1.82, 2.24) is 19.7 Å². The molecule has 2 heterocycles. The summed E-state index contributed by atoms with van der Waals surface area (Å²) in [7, 11) is 3.83. The van der Waals surface area contributed by atoms with Crippen molar-refractivity contribution in [3.63, 3.8) is 0 Å². The highest BCUT2D eigenvalue weighted by Crippen LogP contribution is 2.26. The molecular formula is C18H21FN4O.